The minimum Gasteiger partial charge on any atom is -0.508 e. The van der Waals surface area contributed by atoms with Crippen molar-refractivity contribution >= 4 is 7.82 Å². The summed E-state index contributed by atoms with van der Waals surface area (Å²) in [5, 5.41) is 39.0. The lowest BCUT2D eigenvalue weighted by Gasteiger charge is -2.18. The second kappa shape index (κ2) is 7.11. The molecule has 0 amide bonds. The standard InChI is InChI=1S/C15H17O8P/c16-10-3-1-2-9(6-10)4-5-12(18)15-13(19)7-11(17)8-14(15)23-24(20,21)22/h1-3,6-8,12,16-19H,4-5H2,(H2,20,21,22). The monoisotopic (exact) mass is 356 g/mol. The molecular formula is C15H17O8P. The summed E-state index contributed by atoms with van der Waals surface area (Å²) < 4.78 is 15.4. The van der Waals surface area contributed by atoms with Gasteiger partial charge >= 0.3 is 7.82 Å². The largest absolute Gasteiger partial charge is 0.524 e. The number of phosphoric acid groups is 1. The van der Waals surface area contributed by atoms with Crippen LogP contribution in [0.25, 0.3) is 0 Å². The summed E-state index contributed by atoms with van der Waals surface area (Å²) in [5.41, 5.74) is 0.487. The molecule has 6 N–H and O–H groups in total. The fourth-order valence-electron chi connectivity index (χ4n) is 2.30. The lowest BCUT2D eigenvalue weighted by atomic mass is 9.99. The molecule has 0 aromatic heterocycles. The van der Waals surface area contributed by atoms with Crippen LogP contribution < -0.4 is 4.52 Å². The molecule has 0 heterocycles. The molecule has 2 aromatic carbocycles. The second-order valence-electron chi connectivity index (χ2n) is 5.18. The Labute approximate surface area is 137 Å². The quantitative estimate of drug-likeness (QED) is 0.430. The Bertz CT molecular complexity index is 770. The third-order valence-electron chi connectivity index (χ3n) is 3.27. The third kappa shape index (κ3) is 4.87. The molecule has 0 aliphatic carbocycles. The van der Waals surface area contributed by atoms with Crippen LogP contribution in [0.3, 0.4) is 0 Å². The summed E-state index contributed by atoms with van der Waals surface area (Å²) in [7, 11) is -4.94. The molecule has 0 radical (unpaired) electrons. The molecule has 1 unspecified atom stereocenters. The molecule has 0 bridgehead atoms. The minimum absolute atomic E-state index is 0.0694. The molecule has 1 atom stereocenters. The van der Waals surface area contributed by atoms with E-state index in [1.165, 1.54) is 12.1 Å². The van der Waals surface area contributed by atoms with Crippen LogP contribution in [0.5, 0.6) is 23.0 Å². The fraction of sp³-hybridized carbons (Fsp3) is 0.200. The highest BCUT2D eigenvalue weighted by Crippen LogP contribution is 2.46. The average Bonchev–Trinajstić information content (AvgIpc) is 2.42. The van der Waals surface area contributed by atoms with E-state index < -0.39 is 31.2 Å². The number of phosphoric ester groups is 1. The van der Waals surface area contributed by atoms with E-state index in [4.69, 9.17) is 9.79 Å². The van der Waals surface area contributed by atoms with Gasteiger partial charge in [-0.15, -0.1) is 0 Å². The number of phenolic OH excluding ortho intramolecular Hbond substituents is 3. The Balaban J connectivity index is 2.24. The van der Waals surface area contributed by atoms with Crippen LogP contribution in [0.2, 0.25) is 0 Å². The zero-order chi connectivity index (χ0) is 17.9. The lowest BCUT2D eigenvalue weighted by molar-refractivity contribution is 0.160. The number of aliphatic hydroxyl groups is 1. The van der Waals surface area contributed by atoms with E-state index in [1.807, 2.05) is 0 Å². The smallest absolute Gasteiger partial charge is 0.508 e. The number of aryl methyl sites for hydroxylation is 1. The van der Waals surface area contributed by atoms with Crippen molar-refractivity contribution in [2.24, 2.45) is 0 Å². The first-order valence-corrected chi connectivity index (χ1v) is 8.46. The molecule has 8 nitrogen and oxygen atoms in total. The Morgan fingerprint density at radius 3 is 2.38 bits per heavy atom. The maximum atomic E-state index is 11.0. The third-order valence-corrected chi connectivity index (χ3v) is 3.71. The van der Waals surface area contributed by atoms with Gasteiger partial charge < -0.3 is 24.9 Å². The van der Waals surface area contributed by atoms with E-state index in [0.717, 1.165) is 17.7 Å². The first-order valence-electron chi connectivity index (χ1n) is 6.92. The normalized spacial score (nSPS) is 12.8. The minimum atomic E-state index is -4.94. The molecule has 24 heavy (non-hydrogen) atoms. The Hall–Kier alpha value is -2.25. The number of rotatable bonds is 6. The van der Waals surface area contributed by atoms with Gasteiger partial charge in [-0.2, -0.15) is 0 Å². The van der Waals surface area contributed by atoms with Gasteiger partial charge in [0, 0.05) is 12.1 Å². The van der Waals surface area contributed by atoms with Crippen molar-refractivity contribution in [1.82, 2.24) is 0 Å². The summed E-state index contributed by atoms with van der Waals surface area (Å²) in [5.74, 6) is -1.47. The summed E-state index contributed by atoms with van der Waals surface area (Å²) in [6.45, 7) is 0. The number of aromatic hydroxyl groups is 3. The summed E-state index contributed by atoms with van der Waals surface area (Å²) in [6, 6.07) is 8.20. The maximum absolute atomic E-state index is 11.0. The summed E-state index contributed by atoms with van der Waals surface area (Å²) >= 11 is 0. The van der Waals surface area contributed by atoms with Gasteiger partial charge in [-0.25, -0.2) is 4.57 Å². The van der Waals surface area contributed by atoms with Gasteiger partial charge in [-0.3, -0.25) is 9.79 Å². The van der Waals surface area contributed by atoms with E-state index in [9.17, 15) is 25.0 Å². The van der Waals surface area contributed by atoms with E-state index in [-0.39, 0.29) is 17.7 Å². The zero-order valence-electron chi connectivity index (χ0n) is 12.4. The lowest BCUT2D eigenvalue weighted by Crippen LogP contribution is -2.04. The molecule has 0 spiro atoms. The van der Waals surface area contributed by atoms with Crippen molar-refractivity contribution < 1.29 is 39.3 Å². The molecule has 0 aliphatic heterocycles. The first-order chi connectivity index (χ1) is 11.2. The first kappa shape index (κ1) is 18.1. The molecule has 0 saturated heterocycles. The number of benzene rings is 2. The van der Waals surface area contributed by atoms with E-state index in [1.54, 1.807) is 12.1 Å². The van der Waals surface area contributed by atoms with Crippen LogP contribution in [0.1, 0.15) is 23.7 Å². The maximum Gasteiger partial charge on any atom is 0.524 e. The van der Waals surface area contributed by atoms with E-state index in [0.29, 0.717) is 6.42 Å². The van der Waals surface area contributed by atoms with Gasteiger partial charge in [0.1, 0.15) is 23.0 Å². The zero-order valence-corrected chi connectivity index (χ0v) is 13.3. The van der Waals surface area contributed by atoms with Gasteiger partial charge in [0.2, 0.25) is 0 Å². The second-order valence-corrected chi connectivity index (χ2v) is 6.35. The van der Waals surface area contributed by atoms with E-state index in [2.05, 4.69) is 4.52 Å². The van der Waals surface area contributed by atoms with Crippen LogP contribution in [-0.4, -0.2) is 30.2 Å². The van der Waals surface area contributed by atoms with Gasteiger partial charge in [-0.05, 0) is 30.5 Å². The highest BCUT2D eigenvalue weighted by atomic mass is 31.2. The van der Waals surface area contributed by atoms with Crippen LogP contribution in [0.4, 0.5) is 0 Å². The van der Waals surface area contributed by atoms with Crippen molar-refractivity contribution in [3.63, 3.8) is 0 Å². The van der Waals surface area contributed by atoms with Crippen molar-refractivity contribution in [3.8, 4) is 23.0 Å². The Morgan fingerprint density at radius 2 is 1.75 bits per heavy atom. The summed E-state index contributed by atoms with van der Waals surface area (Å²) in [6.07, 6.45) is -0.903. The molecule has 9 heteroatoms. The highest BCUT2D eigenvalue weighted by molar-refractivity contribution is 7.46. The fourth-order valence-corrected chi connectivity index (χ4v) is 2.70. The number of phenols is 3. The molecule has 0 saturated carbocycles. The highest BCUT2D eigenvalue weighted by Gasteiger charge is 2.25. The van der Waals surface area contributed by atoms with Gasteiger partial charge in [0.25, 0.3) is 0 Å². The van der Waals surface area contributed by atoms with Crippen molar-refractivity contribution in [1.29, 1.82) is 0 Å². The summed E-state index contributed by atoms with van der Waals surface area (Å²) in [4.78, 5) is 17.8. The number of aliphatic hydroxyl groups excluding tert-OH is 1. The molecule has 2 aromatic rings. The Morgan fingerprint density at radius 1 is 1.04 bits per heavy atom. The van der Waals surface area contributed by atoms with Crippen LogP contribution >= 0.6 is 7.82 Å². The number of hydrogen-bond acceptors (Lipinski definition) is 6. The SMILES string of the molecule is O=P(O)(O)Oc1cc(O)cc(O)c1C(O)CCc1cccc(O)c1. The molecule has 130 valence electrons. The van der Waals surface area contributed by atoms with Crippen LogP contribution in [-0.2, 0) is 11.0 Å². The molecular weight excluding hydrogens is 339 g/mol. The molecule has 2 rings (SSSR count). The topological polar surface area (TPSA) is 148 Å². The predicted molar refractivity (Wildman–Crippen MR) is 83.8 cm³/mol. The van der Waals surface area contributed by atoms with Crippen LogP contribution in [0.15, 0.2) is 36.4 Å². The molecule has 0 fully saturated rings. The molecule has 0 aliphatic rings. The predicted octanol–water partition coefficient (Wildman–Crippen LogP) is 1.94. The average molecular weight is 356 g/mol. The van der Waals surface area contributed by atoms with Crippen molar-refractivity contribution in [2.75, 3.05) is 0 Å². The van der Waals surface area contributed by atoms with Gasteiger partial charge in [0.15, 0.2) is 0 Å². The van der Waals surface area contributed by atoms with Gasteiger partial charge in [-0.1, -0.05) is 12.1 Å². The Kier molecular flexibility index (Phi) is 5.36. The van der Waals surface area contributed by atoms with Gasteiger partial charge in [0.05, 0.1) is 11.7 Å². The number of hydrogen-bond donors (Lipinski definition) is 6. The van der Waals surface area contributed by atoms with Crippen LogP contribution in [0, 0.1) is 0 Å². The van der Waals surface area contributed by atoms with E-state index >= 15 is 0 Å². The van der Waals surface area contributed by atoms with Crippen molar-refractivity contribution in [3.05, 3.63) is 47.5 Å². The van der Waals surface area contributed by atoms with Crippen molar-refractivity contribution in [2.45, 2.75) is 18.9 Å².